The number of methoxy groups -OCH3 is 2. The minimum atomic E-state index is -0.128. The third-order valence-electron chi connectivity index (χ3n) is 3.26. The van der Waals surface area contributed by atoms with Crippen LogP contribution in [0.5, 0.6) is 11.5 Å². The number of benzene rings is 1. The van der Waals surface area contributed by atoms with Crippen LogP contribution in [0.2, 0.25) is 0 Å². The van der Waals surface area contributed by atoms with E-state index in [-0.39, 0.29) is 5.91 Å². The van der Waals surface area contributed by atoms with Crippen LogP contribution >= 0.6 is 0 Å². The van der Waals surface area contributed by atoms with Crippen molar-refractivity contribution in [2.45, 2.75) is 13.8 Å². The predicted octanol–water partition coefficient (Wildman–Crippen LogP) is 1.78. The number of likely N-dealkylation sites (N-methyl/N-ethyl adjacent to an activating group) is 1. The maximum absolute atomic E-state index is 12.1. The third kappa shape index (κ3) is 4.42. The Morgan fingerprint density at radius 1 is 1.20 bits per heavy atom. The second kappa shape index (κ2) is 8.43. The summed E-state index contributed by atoms with van der Waals surface area (Å²) in [6.07, 6.45) is 0. The minimum Gasteiger partial charge on any atom is -0.497 e. The molecule has 0 atom stereocenters. The summed E-state index contributed by atoms with van der Waals surface area (Å²) in [6.45, 7) is 7.65. The number of nitrogens with one attached hydrogen (secondary N) is 1. The first-order valence-corrected chi connectivity index (χ1v) is 6.88. The highest BCUT2D eigenvalue weighted by molar-refractivity contribution is 5.97. The standard InChI is InChI=1S/C15H24N2O3/c1-5-17(6-2)10-9-16-15(18)13-8-7-12(19-3)11-14(13)20-4/h7-8,11H,5-6,9-10H2,1-4H3,(H,16,18). The first kappa shape index (κ1) is 16.3. The number of carbonyl (C=O) groups excluding carboxylic acids is 1. The highest BCUT2D eigenvalue weighted by Gasteiger charge is 2.13. The number of nitrogens with zero attached hydrogens (tertiary/aromatic N) is 1. The molecule has 0 aliphatic heterocycles. The van der Waals surface area contributed by atoms with Gasteiger partial charge in [-0.2, -0.15) is 0 Å². The molecule has 0 aliphatic rings. The predicted molar refractivity (Wildman–Crippen MR) is 79.7 cm³/mol. The third-order valence-corrected chi connectivity index (χ3v) is 3.26. The van der Waals surface area contributed by atoms with E-state index in [0.29, 0.717) is 23.6 Å². The van der Waals surface area contributed by atoms with Gasteiger partial charge in [-0.05, 0) is 25.2 Å². The Morgan fingerprint density at radius 3 is 2.45 bits per heavy atom. The van der Waals surface area contributed by atoms with E-state index < -0.39 is 0 Å². The van der Waals surface area contributed by atoms with Gasteiger partial charge >= 0.3 is 0 Å². The lowest BCUT2D eigenvalue weighted by molar-refractivity contribution is 0.0946. The molecule has 20 heavy (non-hydrogen) atoms. The van der Waals surface area contributed by atoms with E-state index in [0.717, 1.165) is 19.6 Å². The van der Waals surface area contributed by atoms with E-state index in [1.165, 1.54) is 0 Å². The van der Waals surface area contributed by atoms with Gasteiger partial charge in [0.2, 0.25) is 0 Å². The number of hydrogen-bond acceptors (Lipinski definition) is 4. The maximum Gasteiger partial charge on any atom is 0.255 e. The van der Waals surface area contributed by atoms with E-state index >= 15 is 0 Å². The second-order valence-corrected chi connectivity index (χ2v) is 4.35. The number of ether oxygens (including phenoxy) is 2. The number of hydrogen-bond donors (Lipinski definition) is 1. The summed E-state index contributed by atoms with van der Waals surface area (Å²) < 4.78 is 10.3. The number of amides is 1. The molecule has 0 aromatic heterocycles. The van der Waals surface area contributed by atoms with E-state index in [2.05, 4.69) is 24.1 Å². The highest BCUT2D eigenvalue weighted by atomic mass is 16.5. The first-order valence-electron chi connectivity index (χ1n) is 6.88. The van der Waals surface area contributed by atoms with Gasteiger partial charge in [0.05, 0.1) is 19.8 Å². The lowest BCUT2D eigenvalue weighted by Crippen LogP contribution is -2.34. The summed E-state index contributed by atoms with van der Waals surface area (Å²) in [5.74, 6) is 1.06. The summed E-state index contributed by atoms with van der Waals surface area (Å²) in [6, 6.07) is 5.17. The molecule has 0 saturated carbocycles. The van der Waals surface area contributed by atoms with Crippen molar-refractivity contribution in [2.24, 2.45) is 0 Å². The fourth-order valence-corrected chi connectivity index (χ4v) is 1.95. The highest BCUT2D eigenvalue weighted by Crippen LogP contribution is 2.24. The van der Waals surface area contributed by atoms with Crippen LogP contribution in [0.1, 0.15) is 24.2 Å². The second-order valence-electron chi connectivity index (χ2n) is 4.35. The van der Waals surface area contributed by atoms with Crippen LogP contribution in [0.15, 0.2) is 18.2 Å². The quantitative estimate of drug-likeness (QED) is 0.788. The van der Waals surface area contributed by atoms with Crippen molar-refractivity contribution in [1.29, 1.82) is 0 Å². The smallest absolute Gasteiger partial charge is 0.255 e. The van der Waals surface area contributed by atoms with E-state index in [4.69, 9.17) is 9.47 Å². The maximum atomic E-state index is 12.1. The van der Waals surface area contributed by atoms with Crippen LogP contribution in [0, 0.1) is 0 Å². The summed E-state index contributed by atoms with van der Waals surface area (Å²) >= 11 is 0. The Kier molecular flexibility index (Phi) is 6.87. The molecule has 0 saturated heterocycles. The molecule has 112 valence electrons. The van der Waals surface area contributed by atoms with E-state index in [9.17, 15) is 4.79 Å². The van der Waals surface area contributed by atoms with Crippen LogP contribution in [0.4, 0.5) is 0 Å². The largest absolute Gasteiger partial charge is 0.497 e. The van der Waals surface area contributed by atoms with Gasteiger partial charge < -0.3 is 19.7 Å². The molecule has 1 amide bonds. The number of carbonyl (C=O) groups is 1. The SMILES string of the molecule is CCN(CC)CCNC(=O)c1ccc(OC)cc1OC. The first-order chi connectivity index (χ1) is 9.65. The molecule has 1 aromatic rings. The zero-order chi connectivity index (χ0) is 15.0. The Morgan fingerprint density at radius 2 is 1.90 bits per heavy atom. The average Bonchev–Trinajstić information content (AvgIpc) is 2.50. The molecule has 0 spiro atoms. The van der Waals surface area contributed by atoms with Gasteiger partial charge in [0, 0.05) is 19.2 Å². The molecule has 1 N–H and O–H groups in total. The molecule has 0 heterocycles. The Hall–Kier alpha value is -1.75. The van der Waals surface area contributed by atoms with Crippen LogP contribution < -0.4 is 14.8 Å². The molecule has 1 aromatic carbocycles. The van der Waals surface area contributed by atoms with Crippen molar-refractivity contribution in [3.8, 4) is 11.5 Å². The van der Waals surface area contributed by atoms with Crippen LogP contribution in [0.3, 0.4) is 0 Å². The van der Waals surface area contributed by atoms with E-state index in [1.807, 2.05) is 0 Å². The monoisotopic (exact) mass is 280 g/mol. The fourth-order valence-electron chi connectivity index (χ4n) is 1.95. The van der Waals surface area contributed by atoms with Gasteiger partial charge in [-0.25, -0.2) is 0 Å². The van der Waals surface area contributed by atoms with Crippen molar-refractivity contribution in [2.75, 3.05) is 40.4 Å². The van der Waals surface area contributed by atoms with Crippen LogP contribution in [-0.4, -0.2) is 51.2 Å². The zero-order valence-electron chi connectivity index (χ0n) is 12.7. The molecule has 0 bridgehead atoms. The molecule has 0 unspecified atom stereocenters. The lowest BCUT2D eigenvalue weighted by Gasteiger charge is -2.18. The Balaban J connectivity index is 2.63. The van der Waals surface area contributed by atoms with Crippen molar-refractivity contribution in [1.82, 2.24) is 10.2 Å². The lowest BCUT2D eigenvalue weighted by atomic mass is 10.1. The number of rotatable bonds is 8. The van der Waals surface area contributed by atoms with Crippen LogP contribution in [-0.2, 0) is 0 Å². The Bertz CT molecular complexity index is 431. The van der Waals surface area contributed by atoms with Crippen molar-refractivity contribution in [3.05, 3.63) is 23.8 Å². The van der Waals surface area contributed by atoms with E-state index in [1.54, 1.807) is 32.4 Å². The van der Waals surface area contributed by atoms with Gasteiger partial charge in [-0.1, -0.05) is 13.8 Å². The summed E-state index contributed by atoms with van der Waals surface area (Å²) in [5, 5.41) is 2.91. The summed E-state index contributed by atoms with van der Waals surface area (Å²) in [5.41, 5.74) is 0.521. The average molecular weight is 280 g/mol. The van der Waals surface area contributed by atoms with Crippen molar-refractivity contribution >= 4 is 5.91 Å². The molecule has 0 radical (unpaired) electrons. The van der Waals surface area contributed by atoms with Crippen LogP contribution in [0.25, 0.3) is 0 Å². The summed E-state index contributed by atoms with van der Waals surface area (Å²) in [7, 11) is 3.13. The van der Waals surface area contributed by atoms with Crippen molar-refractivity contribution < 1.29 is 14.3 Å². The molecular formula is C15H24N2O3. The molecule has 0 fully saturated rings. The van der Waals surface area contributed by atoms with Gasteiger partial charge in [0.25, 0.3) is 5.91 Å². The zero-order valence-corrected chi connectivity index (χ0v) is 12.7. The molecule has 5 nitrogen and oxygen atoms in total. The van der Waals surface area contributed by atoms with Gasteiger partial charge in [0.1, 0.15) is 11.5 Å². The molecular weight excluding hydrogens is 256 g/mol. The normalized spacial score (nSPS) is 10.4. The van der Waals surface area contributed by atoms with Gasteiger partial charge in [-0.15, -0.1) is 0 Å². The molecule has 5 heteroatoms. The topological polar surface area (TPSA) is 50.8 Å². The molecule has 1 rings (SSSR count). The molecule has 0 aliphatic carbocycles. The van der Waals surface area contributed by atoms with Crippen molar-refractivity contribution in [3.63, 3.8) is 0 Å². The fraction of sp³-hybridized carbons (Fsp3) is 0.533. The summed E-state index contributed by atoms with van der Waals surface area (Å²) in [4.78, 5) is 14.4. The minimum absolute atomic E-state index is 0.128. The van der Waals surface area contributed by atoms with Gasteiger partial charge in [-0.3, -0.25) is 4.79 Å². The Labute approximate surface area is 120 Å². The van der Waals surface area contributed by atoms with Gasteiger partial charge in [0.15, 0.2) is 0 Å².